The van der Waals surface area contributed by atoms with Crippen molar-refractivity contribution in [1.29, 1.82) is 0 Å². The molecule has 3 N–H and O–H groups in total. The van der Waals surface area contributed by atoms with Crippen LogP contribution >= 0.6 is 0 Å². The Morgan fingerprint density at radius 3 is 2.71 bits per heavy atom. The van der Waals surface area contributed by atoms with Gasteiger partial charge in [0, 0.05) is 19.2 Å². The van der Waals surface area contributed by atoms with Crippen LogP contribution in [0.1, 0.15) is 12.5 Å². The van der Waals surface area contributed by atoms with Crippen LogP contribution in [-0.4, -0.2) is 36.1 Å². The Balaban J connectivity index is 2.57. The van der Waals surface area contributed by atoms with Gasteiger partial charge in [-0.05, 0) is 18.5 Å². The summed E-state index contributed by atoms with van der Waals surface area (Å²) in [5, 5.41) is 9.58. The summed E-state index contributed by atoms with van der Waals surface area (Å²) >= 11 is 0. The van der Waals surface area contributed by atoms with E-state index >= 15 is 0 Å². The van der Waals surface area contributed by atoms with E-state index in [1.165, 1.54) is 0 Å². The van der Waals surface area contributed by atoms with E-state index in [2.05, 4.69) is 0 Å². The first-order valence-corrected chi connectivity index (χ1v) is 5.75. The highest BCUT2D eigenvalue weighted by Crippen LogP contribution is 2.16. The van der Waals surface area contributed by atoms with Crippen molar-refractivity contribution in [1.82, 2.24) is 4.90 Å². The minimum atomic E-state index is -0.00759. The third-order valence-electron chi connectivity index (χ3n) is 2.75. The second kappa shape index (κ2) is 6.25. The van der Waals surface area contributed by atoms with Crippen molar-refractivity contribution in [2.24, 2.45) is 11.7 Å². The fourth-order valence-electron chi connectivity index (χ4n) is 1.60. The highest BCUT2D eigenvalue weighted by Gasteiger charge is 2.13. The van der Waals surface area contributed by atoms with Crippen LogP contribution in [0.15, 0.2) is 24.3 Å². The van der Waals surface area contributed by atoms with Crippen LogP contribution in [0.3, 0.4) is 0 Å². The van der Waals surface area contributed by atoms with E-state index < -0.39 is 0 Å². The van der Waals surface area contributed by atoms with Crippen LogP contribution < -0.4 is 5.73 Å². The third-order valence-corrected chi connectivity index (χ3v) is 2.75. The molecule has 4 heteroatoms. The number of carbonyl (C=O) groups is 1. The average molecular weight is 236 g/mol. The van der Waals surface area contributed by atoms with Crippen molar-refractivity contribution in [2.45, 2.75) is 13.3 Å². The molecule has 0 radical (unpaired) electrons. The maximum absolute atomic E-state index is 11.9. The van der Waals surface area contributed by atoms with Gasteiger partial charge in [-0.15, -0.1) is 0 Å². The van der Waals surface area contributed by atoms with Crippen LogP contribution in [0.5, 0.6) is 5.75 Å². The van der Waals surface area contributed by atoms with Gasteiger partial charge in [-0.2, -0.15) is 0 Å². The molecule has 0 aliphatic rings. The lowest BCUT2D eigenvalue weighted by atomic mass is 10.1. The van der Waals surface area contributed by atoms with Crippen LogP contribution in [0.4, 0.5) is 0 Å². The predicted molar refractivity (Wildman–Crippen MR) is 67.7 cm³/mol. The van der Waals surface area contributed by atoms with Gasteiger partial charge in [-0.1, -0.05) is 25.1 Å². The number of hydrogen-bond acceptors (Lipinski definition) is 3. The Labute approximate surface area is 102 Å². The molecule has 1 amide bonds. The zero-order valence-corrected chi connectivity index (χ0v) is 10.4. The van der Waals surface area contributed by atoms with Crippen molar-refractivity contribution >= 4 is 5.91 Å². The Bertz CT molecular complexity index is 379. The summed E-state index contributed by atoms with van der Waals surface area (Å²) in [7, 11) is 1.76. The number of nitrogens with zero attached hydrogens (tertiary/aromatic N) is 1. The highest BCUT2D eigenvalue weighted by molar-refractivity contribution is 5.79. The molecule has 0 aliphatic heterocycles. The number of likely N-dealkylation sites (N-methyl/N-ethyl adjacent to an activating group) is 1. The van der Waals surface area contributed by atoms with Gasteiger partial charge in [0.25, 0.3) is 0 Å². The van der Waals surface area contributed by atoms with Crippen molar-refractivity contribution in [2.75, 3.05) is 20.1 Å². The molecule has 4 nitrogen and oxygen atoms in total. The van der Waals surface area contributed by atoms with E-state index in [1.54, 1.807) is 30.1 Å². The molecule has 0 fully saturated rings. The number of hydrogen-bond donors (Lipinski definition) is 2. The number of phenolic OH excluding ortho intramolecular Hbond substituents is 1. The van der Waals surface area contributed by atoms with Crippen molar-refractivity contribution in [3.05, 3.63) is 29.8 Å². The van der Waals surface area contributed by atoms with Crippen LogP contribution in [0.2, 0.25) is 0 Å². The molecule has 0 spiro atoms. The summed E-state index contributed by atoms with van der Waals surface area (Å²) in [6, 6.07) is 6.90. The molecule has 94 valence electrons. The summed E-state index contributed by atoms with van der Waals surface area (Å²) in [5.41, 5.74) is 6.18. The molecule has 0 aliphatic carbocycles. The Kier molecular flexibility index (Phi) is 4.97. The van der Waals surface area contributed by atoms with E-state index in [0.717, 1.165) is 0 Å². The summed E-state index contributed by atoms with van der Waals surface area (Å²) in [6.07, 6.45) is 0.223. The minimum absolute atomic E-state index is 0.00759. The smallest absolute Gasteiger partial charge is 0.226 e. The normalized spacial score (nSPS) is 12.2. The maximum Gasteiger partial charge on any atom is 0.226 e. The molecular formula is C13H20N2O2. The fourth-order valence-corrected chi connectivity index (χ4v) is 1.60. The first-order chi connectivity index (χ1) is 8.04. The van der Waals surface area contributed by atoms with E-state index in [9.17, 15) is 9.90 Å². The highest BCUT2D eigenvalue weighted by atomic mass is 16.3. The lowest BCUT2D eigenvalue weighted by molar-refractivity contribution is -0.129. The van der Waals surface area contributed by atoms with Gasteiger partial charge >= 0.3 is 0 Å². The first kappa shape index (κ1) is 13.5. The summed E-state index contributed by atoms with van der Waals surface area (Å²) in [4.78, 5) is 13.5. The number of phenols is 1. The quantitative estimate of drug-likeness (QED) is 0.801. The second-order valence-electron chi connectivity index (χ2n) is 4.42. The molecule has 0 bridgehead atoms. The van der Waals surface area contributed by atoms with Crippen molar-refractivity contribution in [3.8, 4) is 5.75 Å². The predicted octanol–water partition coefficient (Wildman–Crippen LogP) is 0.988. The summed E-state index contributed by atoms with van der Waals surface area (Å²) in [5.74, 6) is 0.446. The molecule has 1 rings (SSSR count). The van der Waals surface area contributed by atoms with Gasteiger partial charge in [-0.25, -0.2) is 0 Å². The molecule has 1 atom stereocenters. The summed E-state index contributed by atoms with van der Waals surface area (Å²) < 4.78 is 0. The zero-order valence-electron chi connectivity index (χ0n) is 10.4. The number of amides is 1. The maximum atomic E-state index is 11.9. The molecule has 0 saturated carbocycles. The first-order valence-electron chi connectivity index (χ1n) is 5.75. The fraction of sp³-hybridized carbons (Fsp3) is 0.462. The van der Waals surface area contributed by atoms with Gasteiger partial charge in [0.2, 0.25) is 5.91 Å². The topological polar surface area (TPSA) is 66.6 Å². The van der Waals surface area contributed by atoms with Crippen LogP contribution in [0, 0.1) is 5.92 Å². The number of para-hydroxylation sites is 1. The lowest BCUT2D eigenvalue weighted by Crippen LogP contribution is -2.34. The second-order valence-corrected chi connectivity index (χ2v) is 4.42. The molecule has 1 aromatic rings. The largest absolute Gasteiger partial charge is 0.508 e. The van der Waals surface area contributed by atoms with Gasteiger partial charge in [0.1, 0.15) is 5.75 Å². The monoisotopic (exact) mass is 236 g/mol. The Morgan fingerprint density at radius 2 is 2.12 bits per heavy atom. The van der Waals surface area contributed by atoms with E-state index in [4.69, 9.17) is 5.73 Å². The van der Waals surface area contributed by atoms with Gasteiger partial charge < -0.3 is 15.7 Å². The van der Waals surface area contributed by atoms with Crippen LogP contribution in [-0.2, 0) is 11.2 Å². The van der Waals surface area contributed by atoms with Gasteiger partial charge in [0.05, 0.1) is 6.42 Å². The van der Waals surface area contributed by atoms with Crippen molar-refractivity contribution in [3.63, 3.8) is 0 Å². The molecule has 1 aromatic carbocycles. The molecule has 17 heavy (non-hydrogen) atoms. The van der Waals surface area contributed by atoms with Gasteiger partial charge in [0.15, 0.2) is 0 Å². The standard InChI is InChI=1S/C13H20N2O2/c1-10(8-14)9-15(2)13(17)7-11-5-3-4-6-12(11)16/h3-6,10,16H,7-9,14H2,1-2H3. The van der Waals surface area contributed by atoms with E-state index in [-0.39, 0.29) is 24.0 Å². The van der Waals surface area contributed by atoms with Crippen LogP contribution in [0.25, 0.3) is 0 Å². The van der Waals surface area contributed by atoms with Gasteiger partial charge in [-0.3, -0.25) is 4.79 Å². The van der Waals surface area contributed by atoms with Crippen molar-refractivity contribution < 1.29 is 9.90 Å². The number of benzene rings is 1. The molecule has 1 unspecified atom stereocenters. The number of nitrogens with two attached hydrogens (primary N) is 1. The Hall–Kier alpha value is -1.55. The number of aromatic hydroxyl groups is 1. The molecule has 0 saturated heterocycles. The average Bonchev–Trinajstić information content (AvgIpc) is 2.31. The third kappa shape index (κ3) is 4.07. The lowest BCUT2D eigenvalue weighted by Gasteiger charge is -2.20. The van der Waals surface area contributed by atoms with E-state index in [0.29, 0.717) is 18.7 Å². The number of carbonyl (C=O) groups excluding carboxylic acids is 1. The Morgan fingerprint density at radius 1 is 1.47 bits per heavy atom. The molecule has 0 aromatic heterocycles. The number of rotatable bonds is 5. The molecule has 0 heterocycles. The zero-order chi connectivity index (χ0) is 12.8. The minimum Gasteiger partial charge on any atom is -0.508 e. The molecular weight excluding hydrogens is 216 g/mol. The SMILES string of the molecule is CC(CN)CN(C)C(=O)Cc1ccccc1O. The summed E-state index contributed by atoms with van der Waals surface area (Å²) in [6.45, 7) is 3.21. The van der Waals surface area contributed by atoms with E-state index in [1.807, 2.05) is 13.0 Å².